The highest BCUT2D eigenvalue weighted by Gasteiger charge is 2.42. The van der Waals surface area contributed by atoms with E-state index in [1.165, 1.54) is 0 Å². The summed E-state index contributed by atoms with van der Waals surface area (Å²) in [7, 11) is 5.39. The summed E-state index contributed by atoms with van der Waals surface area (Å²) in [6, 6.07) is 3.96. The first-order chi connectivity index (χ1) is 12.9. The smallest absolute Gasteiger partial charge is 0.231 e. The van der Waals surface area contributed by atoms with Gasteiger partial charge in [-0.1, -0.05) is 12.8 Å². The van der Waals surface area contributed by atoms with E-state index in [0.29, 0.717) is 19.0 Å². The van der Waals surface area contributed by atoms with Crippen LogP contribution in [0.15, 0.2) is 21.6 Å². The van der Waals surface area contributed by atoms with Crippen LogP contribution in [0.2, 0.25) is 0 Å². The number of halogens is 1. The summed E-state index contributed by atoms with van der Waals surface area (Å²) in [5, 5.41) is 6.66. The molecule has 1 aromatic carbocycles. The lowest BCUT2D eigenvalue weighted by Gasteiger charge is -2.31. The topological polar surface area (TPSA) is 75.2 Å². The highest BCUT2D eigenvalue weighted by Crippen LogP contribution is 2.40. The third-order valence-corrected chi connectivity index (χ3v) is 5.77. The molecule has 1 aromatic rings. The second-order valence-electron chi connectivity index (χ2n) is 7.28. The molecule has 0 aromatic heterocycles. The minimum absolute atomic E-state index is 0.197. The van der Waals surface area contributed by atoms with Gasteiger partial charge in [0.2, 0.25) is 12.7 Å². The van der Waals surface area contributed by atoms with Crippen LogP contribution in [0.4, 0.5) is 0 Å². The first-order valence-electron chi connectivity index (χ1n) is 9.19. The molecule has 1 saturated carbocycles. The molecule has 1 aliphatic heterocycles. The van der Waals surface area contributed by atoms with E-state index in [-0.39, 0.29) is 18.1 Å². The maximum absolute atomic E-state index is 12.7. The number of carbonyl (C=O) groups is 1. The van der Waals surface area contributed by atoms with E-state index < -0.39 is 0 Å². The quantitative estimate of drug-likeness (QED) is 0.545. The first-order valence-corrected chi connectivity index (χ1v) is 9.99. The molecule has 1 aliphatic carbocycles. The molecule has 0 saturated heterocycles. The molecule has 7 nitrogen and oxygen atoms in total. The normalized spacial score (nSPS) is 17.7. The summed E-state index contributed by atoms with van der Waals surface area (Å²) in [6.07, 6.45) is 4.03. The van der Waals surface area contributed by atoms with Gasteiger partial charge in [0.1, 0.15) is 0 Å². The van der Waals surface area contributed by atoms with Gasteiger partial charge in [-0.05, 0) is 46.5 Å². The molecule has 8 heteroatoms. The van der Waals surface area contributed by atoms with Crippen molar-refractivity contribution in [2.24, 2.45) is 10.4 Å². The molecule has 2 aliphatic rings. The molecule has 0 atom stereocenters. The zero-order valence-corrected chi connectivity index (χ0v) is 17.7. The van der Waals surface area contributed by atoms with Crippen molar-refractivity contribution in [1.29, 1.82) is 0 Å². The zero-order valence-electron chi connectivity index (χ0n) is 16.1. The summed E-state index contributed by atoms with van der Waals surface area (Å²) >= 11 is 3.51. The molecule has 0 bridgehead atoms. The van der Waals surface area contributed by atoms with E-state index in [9.17, 15) is 4.79 Å². The second-order valence-corrected chi connectivity index (χ2v) is 8.13. The fourth-order valence-corrected chi connectivity index (χ4v) is 4.38. The van der Waals surface area contributed by atoms with E-state index in [0.717, 1.165) is 47.2 Å². The molecular formula is C19H27BrN4O3. The van der Waals surface area contributed by atoms with Crippen LogP contribution >= 0.6 is 15.9 Å². The average Bonchev–Trinajstić information content (AvgIpc) is 3.31. The van der Waals surface area contributed by atoms with Gasteiger partial charge >= 0.3 is 0 Å². The Balaban J connectivity index is 1.60. The standard InChI is InChI=1S/C19H27BrN4O3/c1-21-18(23-11-19(6-4-5-7-19)17(25)24(2)3)22-10-13-8-14(20)16-15(9-13)26-12-27-16/h8-9H,4-7,10-12H2,1-3H3,(H2,21,22,23). The Hall–Kier alpha value is -1.96. The number of amides is 1. The number of aliphatic imine (C=N–C) groups is 1. The lowest BCUT2D eigenvalue weighted by Crippen LogP contribution is -2.49. The fraction of sp³-hybridized carbons (Fsp3) is 0.579. The Morgan fingerprint density at radius 3 is 2.67 bits per heavy atom. The summed E-state index contributed by atoms with van der Waals surface area (Å²) in [5.74, 6) is 2.36. The van der Waals surface area contributed by atoms with Gasteiger partial charge in [0.05, 0.1) is 9.89 Å². The van der Waals surface area contributed by atoms with Crippen LogP contribution in [-0.2, 0) is 11.3 Å². The van der Waals surface area contributed by atoms with Crippen molar-refractivity contribution in [3.05, 3.63) is 22.2 Å². The number of nitrogens with one attached hydrogen (secondary N) is 2. The van der Waals surface area contributed by atoms with Gasteiger partial charge < -0.3 is 25.0 Å². The number of hydrogen-bond donors (Lipinski definition) is 2. The van der Waals surface area contributed by atoms with Crippen LogP contribution < -0.4 is 20.1 Å². The number of carbonyl (C=O) groups excluding carboxylic acids is 1. The molecule has 1 fully saturated rings. The summed E-state index contributed by atoms with van der Waals surface area (Å²) < 4.78 is 11.8. The summed E-state index contributed by atoms with van der Waals surface area (Å²) in [5.41, 5.74) is 0.720. The average molecular weight is 439 g/mol. The molecule has 27 heavy (non-hydrogen) atoms. The SMILES string of the molecule is CN=C(NCc1cc(Br)c2c(c1)OCO2)NCC1(C(=O)N(C)C)CCCC1. The number of hydrogen-bond acceptors (Lipinski definition) is 4. The van der Waals surface area contributed by atoms with Gasteiger partial charge in [0, 0.05) is 34.2 Å². The number of benzene rings is 1. The fourth-order valence-electron chi connectivity index (χ4n) is 3.77. The maximum atomic E-state index is 12.7. The van der Waals surface area contributed by atoms with Crippen molar-refractivity contribution in [2.75, 3.05) is 34.5 Å². The second kappa shape index (κ2) is 8.37. The summed E-state index contributed by atoms with van der Waals surface area (Å²) in [4.78, 5) is 18.7. The van der Waals surface area contributed by atoms with Crippen molar-refractivity contribution in [3.8, 4) is 11.5 Å². The van der Waals surface area contributed by atoms with Crippen molar-refractivity contribution >= 4 is 27.8 Å². The number of rotatable bonds is 5. The number of ether oxygens (including phenoxy) is 2. The van der Waals surface area contributed by atoms with E-state index in [1.54, 1.807) is 11.9 Å². The van der Waals surface area contributed by atoms with Crippen LogP contribution in [0.1, 0.15) is 31.2 Å². The number of fused-ring (bicyclic) bond motifs is 1. The lowest BCUT2D eigenvalue weighted by molar-refractivity contribution is -0.138. The maximum Gasteiger partial charge on any atom is 0.231 e. The minimum atomic E-state index is -0.330. The Morgan fingerprint density at radius 2 is 2.00 bits per heavy atom. The molecule has 3 rings (SSSR count). The van der Waals surface area contributed by atoms with Crippen LogP contribution in [0.5, 0.6) is 11.5 Å². The van der Waals surface area contributed by atoms with Crippen LogP contribution in [0.3, 0.4) is 0 Å². The van der Waals surface area contributed by atoms with Crippen LogP contribution in [0.25, 0.3) is 0 Å². The van der Waals surface area contributed by atoms with Crippen LogP contribution in [0, 0.1) is 5.41 Å². The van der Waals surface area contributed by atoms with E-state index in [4.69, 9.17) is 9.47 Å². The Morgan fingerprint density at radius 1 is 1.26 bits per heavy atom. The molecule has 0 radical (unpaired) electrons. The van der Waals surface area contributed by atoms with Crippen LogP contribution in [-0.4, -0.2) is 51.2 Å². The molecule has 148 valence electrons. The largest absolute Gasteiger partial charge is 0.454 e. The van der Waals surface area contributed by atoms with Gasteiger partial charge in [-0.15, -0.1) is 0 Å². The molecule has 0 unspecified atom stereocenters. The monoisotopic (exact) mass is 438 g/mol. The Bertz CT molecular complexity index is 730. The third-order valence-electron chi connectivity index (χ3n) is 5.19. The van der Waals surface area contributed by atoms with Crippen molar-refractivity contribution in [2.45, 2.75) is 32.2 Å². The van der Waals surface area contributed by atoms with E-state index in [1.807, 2.05) is 26.2 Å². The Labute approximate surface area is 168 Å². The van der Waals surface area contributed by atoms with Gasteiger partial charge in [-0.2, -0.15) is 0 Å². The molecule has 1 amide bonds. The zero-order chi connectivity index (χ0) is 19.4. The minimum Gasteiger partial charge on any atom is -0.454 e. The van der Waals surface area contributed by atoms with E-state index in [2.05, 4.69) is 31.6 Å². The van der Waals surface area contributed by atoms with Gasteiger partial charge in [0.25, 0.3) is 0 Å². The molecule has 1 heterocycles. The molecule has 2 N–H and O–H groups in total. The number of guanidine groups is 1. The Kier molecular flexibility index (Phi) is 6.14. The van der Waals surface area contributed by atoms with E-state index >= 15 is 0 Å². The van der Waals surface area contributed by atoms with Gasteiger partial charge in [-0.25, -0.2) is 0 Å². The molecular weight excluding hydrogens is 412 g/mol. The van der Waals surface area contributed by atoms with Crippen molar-refractivity contribution in [3.63, 3.8) is 0 Å². The number of nitrogens with zero attached hydrogens (tertiary/aromatic N) is 2. The predicted octanol–water partition coefficient (Wildman–Crippen LogP) is 2.49. The predicted molar refractivity (Wildman–Crippen MR) is 108 cm³/mol. The highest BCUT2D eigenvalue weighted by molar-refractivity contribution is 9.10. The lowest BCUT2D eigenvalue weighted by atomic mass is 9.84. The third kappa shape index (κ3) is 4.31. The summed E-state index contributed by atoms with van der Waals surface area (Å²) in [6.45, 7) is 1.42. The van der Waals surface area contributed by atoms with Gasteiger partial charge in [0.15, 0.2) is 17.5 Å². The molecule has 0 spiro atoms. The first kappa shape index (κ1) is 19.8. The van der Waals surface area contributed by atoms with Crippen molar-refractivity contribution in [1.82, 2.24) is 15.5 Å². The highest BCUT2D eigenvalue weighted by atomic mass is 79.9. The van der Waals surface area contributed by atoms with Gasteiger partial charge in [-0.3, -0.25) is 9.79 Å². The van der Waals surface area contributed by atoms with Crippen molar-refractivity contribution < 1.29 is 14.3 Å².